The number of piperazine rings is 1. The number of likely N-dealkylation sites (tertiary alicyclic amines) is 1. The minimum Gasteiger partial charge on any atom is -0.359 e. The lowest BCUT2D eigenvalue weighted by atomic mass is 10.1. The van der Waals surface area contributed by atoms with E-state index in [4.69, 9.17) is 11.6 Å². The average molecular weight is 385 g/mol. The van der Waals surface area contributed by atoms with E-state index in [9.17, 15) is 9.59 Å². The third-order valence-electron chi connectivity index (χ3n) is 5.52. The Hall–Kier alpha value is -2.37. The SMILES string of the molecule is O=C1C[C@H]([NH+]2CCN(c3ccccc3Cl)CC2)C(=O)N1Cc1ccccc1. The van der Waals surface area contributed by atoms with Crippen molar-refractivity contribution >= 4 is 29.1 Å². The maximum absolute atomic E-state index is 12.9. The molecule has 0 aromatic heterocycles. The van der Waals surface area contributed by atoms with Crippen molar-refractivity contribution in [1.82, 2.24) is 4.90 Å². The topological polar surface area (TPSA) is 45.1 Å². The first-order valence-electron chi connectivity index (χ1n) is 9.35. The maximum atomic E-state index is 12.9. The summed E-state index contributed by atoms with van der Waals surface area (Å²) < 4.78 is 0. The van der Waals surface area contributed by atoms with Gasteiger partial charge in [-0.2, -0.15) is 0 Å². The number of amides is 2. The van der Waals surface area contributed by atoms with Crippen LogP contribution in [0.25, 0.3) is 0 Å². The molecule has 2 aromatic carbocycles. The fourth-order valence-corrected chi connectivity index (χ4v) is 4.28. The van der Waals surface area contributed by atoms with Gasteiger partial charge < -0.3 is 9.80 Å². The number of para-hydroxylation sites is 1. The minimum atomic E-state index is -0.255. The molecule has 1 atom stereocenters. The molecule has 4 rings (SSSR count). The number of anilines is 1. The molecular weight excluding hydrogens is 362 g/mol. The lowest BCUT2D eigenvalue weighted by Crippen LogP contribution is -3.19. The molecule has 2 amide bonds. The van der Waals surface area contributed by atoms with Gasteiger partial charge in [0.1, 0.15) is 0 Å². The van der Waals surface area contributed by atoms with Crippen molar-refractivity contribution in [1.29, 1.82) is 0 Å². The smallest absolute Gasteiger partial charge is 0.288 e. The quantitative estimate of drug-likeness (QED) is 0.810. The van der Waals surface area contributed by atoms with Crippen molar-refractivity contribution in [3.05, 3.63) is 65.2 Å². The second kappa shape index (κ2) is 7.71. The van der Waals surface area contributed by atoms with Crippen LogP contribution in [0.2, 0.25) is 5.02 Å². The minimum absolute atomic E-state index is 0.0370. The Labute approximate surface area is 164 Å². The molecule has 0 unspecified atom stereocenters. The van der Waals surface area contributed by atoms with Crippen molar-refractivity contribution in [2.24, 2.45) is 0 Å². The molecule has 2 aliphatic heterocycles. The lowest BCUT2D eigenvalue weighted by Gasteiger charge is -2.36. The summed E-state index contributed by atoms with van der Waals surface area (Å²) in [4.78, 5) is 30.2. The summed E-state index contributed by atoms with van der Waals surface area (Å²) in [6.07, 6.45) is 0.313. The molecule has 0 saturated carbocycles. The first-order valence-corrected chi connectivity index (χ1v) is 9.73. The maximum Gasteiger partial charge on any atom is 0.288 e. The normalized spacial score (nSPS) is 21.1. The van der Waals surface area contributed by atoms with Crippen LogP contribution in [0, 0.1) is 0 Å². The number of rotatable bonds is 4. The summed E-state index contributed by atoms with van der Waals surface area (Å²) in [7, 11) is 0. The van der Waals surface area contributed by atoms with E-state index in [0.29, 0.717) is 13.0 Å². The van der Waals surface area contributed by atoms with Gasteiger partial charge >= 0.3 is 0 Å². The van der Waals surface area contributed by atoms with Crippen LogP contribution in [-0.2, 0) is 16.1 Å². The van der Waals surface area contributed by atoms with Crippen molar-refractivity contribution in [3.63, 3.8) is 0 Å². The summed E-state index contributed by atoms with van der Waals surface area (Å²) >= 11 is 6.31. The molecule has 0 aliphatic carbocycles. The zero-order valence-electron chi connectivity index (χ0n) is 15.1. The van der Waals surface area contributed by atoms with Crippen molar-refractivity contribution < 1.29 is 14.5 Å². The highest BCUT2D eigenvalue weighted by atomic mass is 35.5. The molecule has 1 N–H and O–H groups in total. The number of benzene rings is 2. The van der Waals surface area contributed by atoms with Crippen LogP contribution in [0.4, 0.5) is 5.69 Å². The van der Waals surface area contributed by atoms with Gasteiger partial charge in [-0.25, -0.2) is 0 Å². The van der Waals surface area contributed by atoms with Crippen molar-refractivity contribution in [2.75, 3.05) is 31.1 Å². The zero-order chi connectivity index (χ0) is 18.8. The van der Waals surface area contributed by atoms with Crippen LogP contribution in [0.1, 0.15) is 12.0 Å². The molecular formula is C21H23ClN3O2+. The number of halogens is 1. The monoisotopic (exact) mass is 384 g/mol. The van der Waals surface area contributed by atoms with E-state index in [1.165, 1.54) is 9.80 Å². The second-order valence-electron chi connectivity index (χ2n) is 7.16. The number of carbonyl (C=O) groups is 2. The van der Waals surface area contributed by atoms with Crippen LogP contribution in [0.3, 0.4) is 0 Å². The van der Waals surface area contributed by atoms with Gasteiger partial charge in [0, 0.05) is 0 Å². The van der Waals surface area contributed by atoms with Gasteiger partial charge in [0.2, 0.25) is 5.91 Å². The standard InChI is InChI=1S/C21H22ClN3O2/c22-17-8-4-5-9-18(17)23-10-12-24(13-11-23)19-14-20(26)25(21(19)27)15-16-6-2-1-3-7-16/h1-9,19H,10-15H2/p+1/t19-/m0/s1. The summed E-state index contributed by atoms with van der Waals surface area (Å²) in [5.74, 6) is -0.0973. The molecule has 0 spiro atoms. The van der Waals surface area contributed by atoms with Gasteiger partial charge in [-0.05, 0) is 17.7 Å². The van der Waals surface area contributed by atoms with E-state index in [1.807, 2.05) is 54.6 Å². The summed E-state index contributed by atoms with van der Waals surface area (Å²) in [5.41, 5.74) is 2.02. The van der Waals surface area contributed by atoms with Crippen LogP contribution in [0.15, 0.2) is 54.6 Å². The zero-order valence-corrected chi connectivity index (χ0v) is 15.9. The van der Waals surface area contributed by atoms with Crippen LogP contribution < -0.4 is 9.80 Å². The van der Waals surface area contributed by atoms with Crippen molar-refractivity contribution in [2.45, 2.75) is 19.0 Å². The van der Waals surface area contributed by atoms with Crippen LogP contribution in [0.5, 0.6) is 0 Å². The molecule has 2 aromatic rings. The highest BCUT2D eigenvalue weighted by molar-refractivity contribution is 6.33. The van der Waals surface area contributed by atoms with E-state index in [2.05, 4.69) is 4.90 Å². The Bertz CT molecular complexity index is 834. The van der Waals surface area contributed by atoms with Gasteiger partial charge in [0.05, 0.1) is 49.9 Å². The molecule has 140 valence electrons. The van der Waals surface area contributed by atoms with Gasteiger partial charge in [-0.3, -0.25) is 14.5 Å². The van der Waals surface area contributed by atoms with Gasteiger partial charge in [-0.15, -0.1) is 0 Å². The number of nitrogens with zero attached hydrogens (tertiary/aromatic N) is 2. The first-order chi connectivity index (χ1) is 13.1. The molecule has 0 radical (unpaired) electrons. The molecule has 5 nitrogen and oxygen atoms in total. The summed E-state index contributed by atoms with van der Waals surface area (Å²) in [6, 6.07) is 17.3. The number of hydrogen-bond donors (Lipinski definition) is 1. The molecule has 6 heteroatoms. The lowest BCUT2D eigenvalue weighted by molar-refractivity contribution is -0.915. The van der Waals surface area contributed by atoms with Crippen LogP contribution in [-0.4, -0.2) is 48.9 Å². The number of nitrogens with one attached hydrogen (secondary N) is 1. The molecule has 0 bridgehead atoms. The predicted octanol–water partition coefficient (Wildman–Crippen LogP) is 1.37. The predicted molar refractivity (Wildman–Crippen MR) is 105 cm³/mol. The highest BCUT2D eigenvalue weighted by Gasteiger charge is 2.45. The molecule has 2 saturated heterocycles. The number of carbonyl (C=O) groups excluding carboxylic acids is 2. The molecule has 2 heterocycles. The fourth-order valence-electron chi connectivity index (χ4n) is 4.03. The molecule has 2 aliphatic rings. The first kappa shape index (κ1) is 18.0. The second-order valence-corrected chi connectivity index (χ2v) is 7.56. The Kier molecular flexibility index (Phi) is 5.14. The Morgan fingerprint density at radius 1 is 0.963 bits per heavy atom. The van der Waals surface area contributed by atoms with E-state index in [1.54, 1.807) is 0 Å². The van der Waals surface area contributed by atoms with E-state index >= 15 is 0 Å². The Morgan fingerprint density at radius 2 is 1.63 bits per heavy atom. The van der Waals surface area contributed by atoms with E-state index in [0.717, 1.165) is 42.5 Å². The van der Waals surface area contributed by atoms with Gasteiger partial charge in [0.15, 0.2) is 6.04 Å². The Morgan fingerprint density at radius 3 is 2.33 bits per heavy atom. The van der Waals surface area contributed by atoms with E-state index < -0.39 is 0 Å². The third kappa shape index (κ3) is 3.70. The van der Waals surface area contributed by atoms with Gasteiger partial charge in [0.25, 0.3) is 5.91 Å². The largest absolute Gasteiger partial charge is 0.359 e. The Balaban J connectivity index is 1.39. The van der Waals surface area contributed by atoms with Crippen molar-refractivity contribution in [3.8, 4) is 0 Å². The van der Waals surface area contributed by atoms with E-state index in [-0.39, 0.29) is 17.9 Å². The fraction of sp³-hybridized carbons (Fsp3) is 0.333. The average Bonchev–Trinajstić information content (AvgIpc) is 2.98. The highest BCUT2D eigenvalue weighted by Crippen LogP contribution is 2.25. The van der Waals surface area contributed by atoms with Crippen LogP contribution >= 0.6 is 11.6 Å². The third-order valence-corrected chi connectivity index (χ3v) is 5.84. The molecule has 27 heavy (non-hydrogen) atoms. The number of hydrogen-bond acceptors (Lipinski definition) is 3. The summed E-state index contributed by atoms with van der Waals surface area (Å²) in [6.45, 7) is 3.68. The van der Waals surface area contributed by atoms with Gasteiger partial charge in [-0.1, -0.05) is 54.1 Å². The number of quaternary nitrogens is 1. The number of imide groups is 1. The molecule has 2 fully saturated rings. The summed E-state index contributed by atoms with van der Waals surface area (Å²) in [5, 5.41) is 0.752.